The summed E-state index contributed by atoms with van der Waals surface area (Å²) >= 11 is 0. The largest absolute Gasteiger partial charge is 0.573 e. The number of halogens is 3. The lowest BCUT2D eigenvalue weighted by Crippen LogP contribution is -2.18. The van der Waals surface area contributed by atoms with Gasteiger partial charge in [0.05, 0.1) is 0 Å². The molecule has 3 aromatic carbocycles. The Labute approximate surface area is 203 Å². The summed E-state index contributed by atoms with van der Waals surface area (Å²) in [5.74, 6) is -2.33. The molecule has 4 rings (SSSR count). The summed E-state index contributed by atoms with van der Waals surface area (Å²) in [5.41, 5.74) is 1.77. The van der Waals surface area contributed by atoms with E-state index in [9.17, 15) is 22.8 Å². The Balaban J connectivity index is 1.76. The van der Waals surface area contributed by atoms with Gasteiger partial charge in [-0.05, 0) is 61.4 Å². The van der Waals surface area contributed by atoms with E-state index in [-0.39, 0.29) is 22.3 Å². The minimum atomic E-state index is -5.06. The molecule has 0 bridgehead atoms. The monoisotopic (exact) mass is 496 g/mol. The molecule has 1 heterocycles. The molecule has 0 aliphatic heterocycles. The van der Waals surface area contributed by atoms with Crippen molar-refractivity contribution in [1.82, 2.24) is 0 Å². The van der Waals surface area contributed by atoms with Crippen LogP contribution in [-0.4, -0.2) is 18.3 Å². The molecular formula is C27H19F3O6. The van der Waals surface area contributed by atoms with Crippen LogP contribution in [0, 0.1) is 0 Å². The molecule has 0 saturated heterocycles. The van der Waals surface area contributed by atoms with Crippen LogP contribution in [0.4, 0.5) is 13.2 Å². The Hall–Kier alpha value is -4.53. The van der Waals surface area contributed by atoms with Crippen LogP contribution < -0.4 is 14.2 Å². The number of esters is 2. The third-order valence-electron chi connectivity index (χ3n) is 5.08. The van der Waals surface area contributed by atoms with Gasteiger partial charge >= 0.3 is 18.3 Å². The fraction of sp³-hybridized carbons (Fsp3) is 0.111. The van der Waals surface area contributed by atoms with Gasteiger partial charge in [0.15, 0.2) is 11.3 Å². The summed E-state index contributed by atoms with van der Waals surface area (Å²) in [7, 11) is 0. The number of carbonyl (C=O) groups is 2. The maximum absolute atomic E-state index is 13.2. The van der Waals surface area contributed by atoms with Crippen molar-refractivity contribution < 1.29 is 41.4 Å². The van der Waals surface area contributed by atoms with E-state index in [2.05, 4.69) is 17.9 Å². The first-order valence-corrected chi connectivity index (χ1v) is 10.5. The minimum absolute atomic E-state index is 0.00251. The molecule has 0 fully saturated rings. The first-order valence-electron chi connectivity index (χ1n) is 10.5. The summed E-state index contributed by atoms with van der Waals surface area (Å²) in [4.78, 5) is 23.6. The van der Waals surface area contributed by atoms with E-state index in [1.807, 2.05) is 0 Å². The zero-order valence-corrected chi connectivity index (χ0v) is 19.2. The number of rotatable bonds is 6. The fourth-order valence-electron chi connectivity index (χ4n) is 3.37. The molecule has 0 radical (unpaired) electrons. The predicted octanol–water partition coefficient (Wildman–Crippen LogP) is 7.11. The van der Waals surface area contributed by atoms with Gasteiger partial charge in [-0.2, -0.15) is 0 Å². The minimum Gasteiger partial charge on any atom is -0.452 e. The van der Waals surface area contributed by atoms with Crippen LogP contribution in [0.1, 0.15) is 13.8 Å². The number of alkyl halides is 3. The molecule has 9 heteroatoms. The fourth-order valence-corrected chi connectivity index (χ4v) is 3.37. The quantitative estimate of drug-likeness (QED) is 0.161. The van der Waals surface area contributed by atoms with E-state index in [4.69, 9.17) is 13.9 Å². The molecular weight excluding hydrogens is 477 g/mol. The zero-order chi connectivity index (χ0) is 26.2. The van der Waals surface area contributed by atoms with Gasteiger partial charge in [-0.3, -0.25) is 0 Å². The van der Waals surface area contributed by atoms with Gasteiger partial charge in [-0.15, -0.1) is 13.2 Å². The second-order valence-corrected chi connectivity index (χ2v) is 7.99. The molecule has 0 aliphatic rings. The van der Waals surface area contributed by atoms with Crippen LogP contribution in [0.3, 0.4) is 0 Å². The standard InChI is InChI=1S/C27H19F3O6/c1-14(2)25(31)33-18-8-5-16(6-9-18)17-7-10-19-20-11-12-21(35-26(32)15(3)4)24(36-27(28,29)30)23(20)34-22(19)13-17/h5-13H,1,3H2,2,4H3. The molecule has 4 aromatic rings. The molecule has 6 nitrogen and oxygen atoms in total. The molecule has 0 amide bonds. The first kappa shape index (κ1) is 24.6. The highest BCUT2D eigenvalue weighted by Gasteiger charge is 2.35. The average molecular weight is 496 g/mol. The lowest BCUT2D eigenvalue weighted by molar-refractivity contribution is -0.274. The van der Waals surface area contributed by atoms with Crippen LogP contribution in [-0.2, 0) is 9.59 Å². The third-order valence-corrected chi connectivity index (χ3v) is 5.08. The van der Waals surface area contributed by atoms with E-state index < -0.39 is 29.8 Å². The van der Waals surface area contributed by atoms with Gasteiger partial charge in [0.2, 0.25) is 5.75 Å². The Bertz CT molecular complexity index is 1530. The molecule has 0 spiro atoms. The van der Waals surface area contributed by atoms with Gasteiger partial charge in [0, 0.05) is 21.9 Å². The first-order chi connectivity index (χ1) is 16.9. The molecule has 0 saturated carbocycles. The highest BCUT2D eigenvalue weighted by Crippen LogP contribution is 2.44. The zero-order valence-electron chi connectivity index (χ0n) is 19.2. The van der Waals surface area contributed by atoms with Crippen LogP contribution in [0.25, 0.3) is 33.1 Å². The number of ether oxygens (including phenoxy) is 3. The van der Waals surface area contributed by atoms with Crippen molar-refractivity contribution in [1.29, 1.82) is 0 Å². The van der Waals surface area contributed by atoms with Crippen molar-refractivity contribution in [3.63, 3.8) is 0 Å². The second kappa shape index (κ2) is 9.26. The molecule has 1 aromatic heterocycles. The van der Waals surface area contributed by atoms with Gasteiger partial charge in [-0.25, -0.2) is 9.59 Å². The molecule has 0 unspecified atom stereocenters. The summed E-state index contributed by atoms with van der Waals surface area (Å²) in [6.07, 6.45) is -5.06. The van der Waals surface area contributed by atoms with Gasteiger partial charge < -0.3 is 18.6 Å². The normalized spacial score (nSPS) is 11.4. The number of hydrogen-bond acceptors (Lipinski definition) is 6. The second-order valence-electron chi connectivity index (χ2n) is 7.99. The maximum Gasteiger partial charge on any atom is 0.573 e. The van der Waals surface area contributed by atoms with Crippen LogP contribution in [0.15, 0.2) is 83.3 Å². The lowest BCUT2D eigenvalue weighted by atomic mass is 10.0. The number of carbonyl (C=O) groups excluding carboxylic acids is 2. The number of fused-ring (bicyclic) bond motifs is 3. The van der Waals surface area contributed by atoms with Crippen molar-refractivity contribution in [2.24, 2.45) is 0 Å². The maximum atomic E-state index is 13.2. The van der Waals surface area contributed by atoms with Crippen molar-refractivity contribution >= 4 is 33.9 Å². The summed E-state index contributed by atoms with van der Waals surface area (Å²) in [6, 6.07) is 14.5. The summed E-state index contributed by atoms with van der Waals surface area (Å²) < 4.78 is 59.7. The lowest BCUT2D eigenvalue weighted by Gasteiger charge is -2.13. The van der Waals surface area contributed by atoms with Gasteiger partial charge in [0.25, 0.3) is 0 Å². The summed E-state index contributed by atoms with van der Waals surface area (Å²) in [5, 5.41) is 0.874. The van der Waals surface area contributed by atoms with E-state index in [0.29, 0.717) is 22.1 Å². The smallest absolute Gasteiger partial charge is 0.452 e. The van der Waals surface area contributed by atoms with Crippen molar-refractivity contribution in [2.45, 2.75) is 20.2 Å². The molecule has 184 valence electrons. The van der Waals surface area contributed by atoms with Crippen molar-refractivity contribution in [2.75, 3.05) is 0 Å². The Morgan fingerprint density at radius 2 is 1.39 bits per heavy atom. The highest BCUT2D eigenvalue weighted by atomic mass is 19.4. The van der Waals surface area contributed by atoms with E-state index >= 15 is 0 Å². The molecule has 0 N–H and O–H groups in total. The molecule has 0 atom stereocenters. The van der Waals surface area contributed by atoms with Gasteiger partial charge in [0.1, 0.15) is 11.3 Å². The Morgan fingerprint density at radius 1 is 0.806 bits per heavy atom. The van der Waals surface area contributed by atoms with E-state index in [1.165, 1.54) is 26.0 Å². The highest BCUT2D eigenvalue weighted by molar-refractivity contribution is 6.08. The van der Waals surface area contributed by atoms with E-state index in [0.717, 1.165) is 5.56 Å². The van der Waals surface area contributed by atoms with Crippen LogP contribution in [0.2, 0.25) is 0 Å². The number of hydrogen-bond donors (Lipinski definition) is 0. The average Bonchev–Trinajstić information content (AvgIpc) is 3.18. The third kappa shape index (κ3) is 5.10. The molecule has 0 aliphatic carbocycles. The van der Waals surface area contributed by atoms with Crippen molar-refractivity contribution in [3.05, 3.63) is 78.9 Å². The van der Waals surface area contributed by atoms with Crippen LogP contribution >= 0.6 is 0 Å². The Morgan fingerprint density at radius 3 is 2.00 bits per heavy atom. The Kier molecular flexibility index (Phi) is 6.32. The van der Waals surface area contributed by atoms with Crippen LogP contribution in [0.5, 0.6) is 17.2 Å². The van der Waals surface area contributed by atoms with Crippen molar-refractivity contribution in [3.8, 4) is 28.4 Å². The molecule has 36 heavy (non-hydrogen) atoms. The topological polar surface area (TPSA) is 75.0 Å². The number of benzene rings is 3. The van der Waals surface area contributed by atoms with Gasteiger partial charge in [-0.1, -0.05) is 31.4 Å². The predicted molar refractivity (Wildman–Crippen MR) is 127 cm³/mol. The van der Waals surface area contributed by atoms with E-state index in [1.54, 1.807) is 42.5 Å². The summed E-state index contributed by atoms with van der Waals surface area (Å²) in [6.45, 7) is 9.87. The number of furan rings is 1. The SMILES string of the molecule is C=C(C)C(=O)Oc1ccc(-c2ccc3c(c2)oc2c(OC(F)(F)F)c(OC(=O)C(=C)C)ccc23)cc1.